The lowest BCUT2D eigenvalue weighted by atomic mass is 10.1. The minimum Gasteiger partial charge on any atom is -0.493 e. The van der Waals surface area contributed by atoms with E-state index in [9.17, 15) is 9.18 Å². The molecule has 1 fully saturated rings. The Morgan fingerprint density at radius 3 is 2.39 bits per heavy atom. The highest BCUT2D eigenvalue weighted by molar-refractivity contribution is 5.95. The summed E-state index contributed by atoms with van der Waals surface area (Å²) in [4.78, 5) is 16.9. The first-order valence-corrected chi connectivity index (χ1v) is 9.86. The van der Waals surface area contributed by atoms with Crippen LogP contribution < -0.4 is 9.47 Å². The van der Waals surface area contributed by atoms with Crippen molar-refractivity contribution in [3.05, 3.63) is 59.7 Å². The van der Waals surface area contributed by atoms with E-state index in [-0.39, 0.29) is 11.7 Å². The number of piperazine rings is 1. The van der Waals surface area contributed by atoms with Crippen LogP contribution in [0.4, 0.5) is 4.39 Å². The Morgan fingerprint density at radius 2 is 1.71 bits per heavy atom. The summed E-state index contributed by atoms with van der Waals surface area (Å²) in [7, 11) is 3.11. The summed E-state index contributed by atoms with van der Waals surface area (Å²) < 4.78 is 25.3. The van der Waals surface area contributed by atoms with Crippen LogP contribution in [0.15, 0.2) is 42.5 Å². The van der Waals surface area contributed by atoms with Gasteiger partial charge in [0.15, 0.2) is 17.3 Å². The van der Waals surface area contributed by atoms with Crippen molar-refractivity contribution >= 4 is 5.91 Å². The van der Waals surface area contributed by atoms with Gasteiger partial charge in [0.25, 0.3) is 5.91 Å². The van der Waals surface area contributed by atoms with Gasteiger partial charge in [-0.1, -0.05) is 0 Å². The molecule has 0 N–H and O–H groups in total. The second kappa shape index (κ2) is 9.09. The second-order valence-corrected chi connectivity index (χ2v) is 7.12. The number of methoxy groups -OCH3 is 2. The van der Waals surface area contributed by atoms with Crippen molar-refractivity contribution < 1.29 is 18.7 Å². The standard InChI is InChI=1S/C21H23FN6O3/c1-30-18-8-3-15(13-19(18)31-2)21(29)27-11-9-26(10-12-27)14-20-23-24-25-28(20)17-6-4-16(22)5-7-17/h3-8,13H,9-12,14H2,1-2H3. The second-order valence-electron chi connectivity index (χ2n) is 7.12. The fourth-order valence-electron chi connectivity index (χ4n) is 3.55. The largest absolute Gasteiger partial charge is 0.493 e. The van der Waals surface area contributed by atoms with Crippen molar-refractivity contribution in [1.82, 2.24) is 30.0 Å². The minimum atomic E-state index is -0.311. The molecule has 1 aliphatic heterocycles. The van der Waals surface area contributed by atoms with E-state index >= 15 is 0 Å². The van der Waals surface area contributed by atoms with E-state index in [2.05, 4.69) is 20.4 Å². The van der Waals surface area contributed by atoms with E-state index in [1.807, 2.05) is 4.90 Å². The Bertz CT molecular complexity index is 1050. The van der Waals surface area contributed by atoms with E-state index in [0.29, 0.717) is 61.3 Å². The smallest absolute Gasteiger partial charge is 0.254 e. The van der Waals surface area contributed by atoms with Crippen molar-refractivity contribution in [2.45, 2.75) is 6.54 Å². The number of hydrogen-bond acceptors (Lipinski definition) is 7. The van der Waals surface area contributed by atoms with Gasteiger partial charge in [0.05, 0.1) is 26.5 Å². The molecule has 0 saturated carbocycles. The molecular weight excluding hydrogens is 403 g/mol. The molecule has 4 rings (SSSR count). The number of benzene rings is 2. The van der Waals surface area contributed by atoms with Gasteiger partial charge in [-0.05, 0) is 52.9 Å². The molecule has 10 heteroatoms. The summed E-state index contributed by atoms with van der Waals surface area (Å²) in [5, 5.41) is 11.9. The third kappa shape index (κ3) is 4.48. The number of carbonyl (C=O) groups is 1. The molecule has 1 aliphatic rings. The van der Waals surface area contributed by atoms with Crippen LogP contribution in [0.2, 0.25) is 0 Å². The lowest BCUT2D eigenvalue weighted by Crippen LogP contribution is -2.48. The zero-order valence-corrected chi connectivity index (χ0v) is 17.4. The van der Waals surface area contributed by atoms with Gasteiger partial charge in [0.2, 0.25) is 0 Å². The van der Waals surface area contributed by atoms with Gasteiger partial charge in [-0.3, -0.25) is 9.69 Å². The highest BCUT2D eigenvalue weighted by atomic mass is 19.1. The fourth-order valence-corrected chi connectivity index (χ4v) is 3.55. The Morgan fingerprint density at radius 1 is 1.00 bits per heavy atom. The fraction of sp³-hybridized carbons (Fsp3) is 0.333. The predicted octanol–water partition coefficient (Wildman–Crippen LogP) is 1.78. The minimum absolute atomic E-state index is 0.0447. The molecule has 162 valence electrons. The van der Waals surface area contributed by atoms with Crippen LogP contribution in [0.1, 0.15) is 16.2 Å². The molecule has 31 heavy (non-hydrogen) atoms. The lowest BCUT2D eigenvalue weighted by Gasteiger charge is -2.34. The molecule has 1 aromatic heterocycles. The van der Waals surface area contributed by atoms with Crippen molar-refractivity contribution in [1.29, 1.82) is 0 Å². The highest BCUT2D eigenvalue weighted by Crippen LogP contribution is 2.28. The van der Waals surface area contributed by atoms with E-state index in [1.165, 1.54) is 12.1 Å². The SMILES string of the molecule is COc1ccc(C(=O)N2CCN(Cc3nnnn3-c3ccc(F)cc3)CC2)cc1OC. The van der Waals surface area contributed by atoms with Crippen LogP contribution in [0.3, 0.4) is 0 Å². The van der Waals surface area contributed by atoms with Crippen LogP contribution in [0.25, 0.3) is 5.69 Å². The van der Waals surface area contributed by atoms with Crippen LogP contribution >= 0.6 is 0 Å². The van der Waals surface area contributed by atoms with Gasteiger partial charge >= 0.3 is 0 Å². The zero-order valence-electron chi connectivity index (χ0n) is 17.4. The molecule has 3 aromatic rings. The number of aromatic nitrogens is 4. The molecule has 2 aromatic carbocycles. The first-order chi connectivity index (χ1) is 15.1. The molecule has 0 unspecified atom stereocenters. The van der Waals surface area contributed by atoms with Crippen molar-refractivity contribution in [2.24, 2.45) is 0 Å². The Labute approximate surface area is 179 Å². The monoisotopic (exact) mass is 426 g/mol. The highest BCUT2D eigenvalue weighted by Gasteiger charge is 2.24. The lowest BCUT2D eigenvalue weighted by molar-refractivity contribution is 0.0624. The number of tetrazole rings is 1. The third-order valence-electron chi connectivity index (χ3n) is 5.26. The molecule has 0 atom stereocenters. The number of ether oxygens (including phenoxy) is 2. The topological polar surface area (TPSA) is 85.6 Å². The molecule has 1 amide bonds. The van der Waals surface area contributed by atoms with Gasteiger partial charge in [0.1, 0.15) is 5.82 Å². The van der Waals surface area contributed by atoms with Gasteiger partial charge in [-0.25, -0.2) is 4.39 Å². The number of carbonyl (C=O) groups excluding carboxylic acids is 1. The Hall–Kier alpha value is -3.53. The van der Waals surface area contributed by atoms with Gasteiger partial charge in [-0.2, -0.15) is 4.68 Å². The van der Waals surface area contributed by atoms with Crippen molar-refractivity contribution in [2.75, 3.05) is 40.4 Å². The first kappa shape index (κ1) is 20.7. The number of nitrogens with zero attached hydrogens (tertiary/aromatic N) is 6. The quantitative estimate of drug-likeness (QED) is 0.594. The van der Waals surface area contributed by atoms with E-state index < -0.39 is 0 Å². The summed E-state index contributed by atoms with van der Waals surface area (Å²) in [5.74, 6) is 1.42. The summed E-state index contributed by atoms with van der Waals surface area (Å²) in [6, 6.07) is 11.2. The van der Waals surface area contributed by atoms with Gasteiger partial charge in [0, 0.05) is 31.7 Å². The molecule has 0 spiro atoms. The van der Waals surface area contributed by atoms with E-state index in [0.717, 1.165) is 0 Å². The molecule has 9 nitrogen and oxygen atoms in total. The number of halogens is 1. The molecule has 0 bridgehead atoms. The van der Waals surface area contributed by atoms with Crippen LogP contribution in [0.5, 0.6) is 11.5 Å². The normalized spacial score (nSPS) is 14.5. The van der Waals surface area contributed by atoms with Crippen molar-refractivity contribution in [3.63, 3.8) is 0 Å². The van der Waals surface area contributed by atoms with Gasteiger partial charge < -0.3 is 14.4 Å². The van der Waals surface area contributed by atoms with Crippen LogP contribution in [-0.4, -0.2) is 76.3 Å². The number of rotatable bonds is 6. The van der Waals surface area contributed by atoms with Crippen LogP contribution in [-0.2, 0) is 6.54 Å². The van der Waals surface area contributed by atoms with E-state index in [1.54, 1.807) is 49.2 Å². The maximum atomic E-state index is 13.2. The average molecular weight is 426 g/mol. The summed E-state index contributed by atoms with van der Waals surface area (Å²) in [5.41, 5.74) is 1.26. The number of hydrogen-bond donors (Lipinski definition) is 0. The van der Waals surface area contributed by atoms with Crippen molar-refractivity contribution in [3.8, 4) is 17.2 Å². The first-order valence-electron chi connectivity index (χ1n) is 9.86. The molecule has 2 heterocycles. The molecule has 0 radical (unpaired) electrons. The maximum Gasteiger partial charge on any atom is 0.254 e. The Balaban J connectivity index is 1.38. The maximum absolute atomic E-state index is 13.2. The summed E-state index contributed by atoms with van der Waals surface area (Å²) in [6.07, 6.45) is 0. The van der Waals surface area contributed by atoms with Crippen LogP contribution in [0, 0.1) is 5.82 Å². The Kier molecular flexibility index (Phi) is 6.08. The zero-order chi connectivity index (χ0) is 21.8. The van der Waals surface area contributed by atoms with Gasteiger partial charge in [-0.15, -0.1) is 5.10 Å². The molecule has 0 aliphatic carbocycles. The third-order valence-corrected chi connectivity index (χ3v) is 5.26. The molecular formula is C21H23FN6O3. The average Bonchev–Trinajstić information content (AvgIpc) is 3.27. The predicted molar refractivity (Wildman–Crippen MR) is 110 cm³/mol. The summed E-state index contributed by atoms with van der Waals surface area (Å²) in [6.45, 7) is 3.09. The number of amides is 1. The molecule has 1 saturated heterocycles. The van der Waals surface area contributed by atoms with E-state index in [4.69, 9.17) is 9.47 Å². The summed E-state index contributed by atoms with van der Waals surface area (Å²) >= 11 is 0.